The molecule has 0 radical (unpaired) electrons. The van der Waals surface area contributed by atoms with Crippen molar-refractivity contribution in [2.75, 3.05) is 26.2 Å². The molecule has 1 aromatic heterocycles. The van der Waals surface area contributed by atoms with Crippen molar-refractivity contribution >= 4 is 11.0 Å². The predicted octanol–water partition coefficient (Wildman–Crippen LogP) is 4.17. The summed E-state index contributed by atoms with van der Waals surface area (Å²) in [6.07, 6.45) is 6.49. The van der Waals surface area contributed by atoms with E-state index in [1.807, 2.05) is 18.2 Å². The molecular weight excluding hydrogens is 314 g/mol. The molecule has 0 N–H and O–H groups in total. The average molecular weight is 341 g/mol. The Balaban J connectivity index is 1.76. The number of likely N-dealkylation sites (tertiary alicyclic amines) is 1. The molecule has 0 atom stereocenters. The highest BCUT2D eigenvalue weighted by Gasteiger charge is 2.13. The van der Waals surface area contributed by atoms with Crippen LogP contribution in [0.2, 0.25) is 0 Å². The molecule has 1 fully saturated rings. The molecular formula is C21H27NO3. The van der Waals surface area contributed by atoms with Crippen LogP contribution in [0.5, 0.6) is 5.75 Å². The lowest BCUT2D eigenvalue weighted by molar-refractivity contribution is 0.262. The Bertz CT molecular complexity index is 796. The lowest BCUT2D eigenvalue weighted by Crippen LogP contribution is -2.22. The summed E-state index contributed by atoms with van der Waals surface area (Å²) >= 11 is 0. The van der Waals surface area contributed by atoms with Crippen LogP contribution >= 0.6 is 0 Å². The van der Waals surface area contributed by atoms with E-state index in [1.165, 1.54) is 37.6 Å². The fourth-order valence-electron chi connectivity index (χ4n) is 3.28. The van der Waals surface area contributed by atoms with E-state index in [9.17, 15) is 4.79 Å². The van der Waals surface area contributed by atoms with Crippen LogP contribution in [0.3, 0.4) is 0 Å². The summed E-state index contributed by atoms with van der Waals surface area (Å²) in [5, 5.41) is 0.932. The Hall–Kier alpha value is -2.07. The third kappa shape index (κ3) is 4.73. The van der Waals surface area contributed by atoms with Gasteiger partial charge in [-0.2, -0.15) is 0 Å². The summed E-state index contributed by atoms with van der Waals surface area (Å²) < 4.78 is 11.5. The summed E-state index contributed by atoms with van der Waals surface area (Å²) in [5.41, 5.74) is 2.51. The zero-order chi connectivity index (χ0) is 17.6. The first-order valence-electron chi connectivity index (χ1n) is 9.18. The van der Waals surface area contributed by atoms with Crippen LogP contribution in [-0.2, 0) is 6.42 Å². The Labute approximate surface area is 149 Å². The maximum atomic E-state index is 11.7. The summed E-state index contributed by atoms with van der Waals surface area (Å²) in [7, 11) is 0. The third-order valence-corrected chi connectivity index (χ3v) is 4.64. The molecule has 0 amide bonds. The van der Waals surface area contributed by atoms with Gasteiger partial charge >= 0.3 is 5.63 Å². The van der Waals surface area contributed by atoms with Crippen molar-refractivity contribution in [2.24, 2.45) is 0 Å². The lowest BCUT2D eigenvalue weighted by Gasteiger charge is -2.16. The number of allylic oxidation sites excluding steroid dienone is 2. The summed E-state index contributed by atoms with van der Waals surface area (Å²) in [5.74, 6) is 0.820. The van der Waals surface area contributed by atoms with Gasteiger partial charge in [0.25, 0.3) is 0 Å². The van der Waals surface area contributed by atoms with Crippen LogP contribution in [-0.4, -0.2) is 31.1 Å². The quantitative estimate of drug-likeness (QED) is 0.431. The van der Waals surface area contributed by atoms with Gasteiger partial charge in [0.15, 0.2) is 0 Å². The monoisotopic (exact) mass is 341 g/mol. The van der Waals surface area contributed by atoms with Crippen LogP contribution in [0.4, 0.5) is 0 Å². The van der Waals surface area contributed by atoms with Crippen molar-refractivity contribution in [1.82, 2.24) is 4.90 Å². The Morgan fingerprint density at radius 1 is 1.20 bits per heavy atom. The van der Waals surface area contributed by atoms with Crippen molar-refractivity contribution in [2.45, 2.75) is 39.5 Å². The minimum absolute atomic E-state index is 0.322. The number of fused-ring (bicyclic) bond motifs is 1. The van der Waals surface area contributed by atoms with Gasteiger partial charge in [-0.15, -0.1) is 0 Å². The second-order valence-corrected chi connectivity index (χ2v) is 6.95. The normalized spacial score (nSPS) is 14.8. The van der Waals surface area contributed by atoms with E-state index in [0.29, 0.717) is 18.6 Å². The van der Waals surface area contributed by atoms with Crippen LogP contribution < -0.4 is 10.4 Å². The van der Waals surface area contributed by atoms with Crippen molar-refractivity contribution in [3.05, 3.63) is 51.9 Å². The number of nitrogens with zero attached hydrogens (tertiary/aromatic N) is 1. The lowest BCUT2D eigenvalue weighted by atomic mass is 10.1. The molecule has 1 aromatic carbocycles. The topological polar surface area (TPSA) is 42.7 Å². The second-order valence-electron chi connectivity index (χ2n) is 6.95. The van der Waals surface area contributed by atoms with Crippen molar-refractivity contribution < 1.29 is 9.15 Å². The van der Waals surface area contributed by atoms with Gasteiger partial charge in [-0.3, -0.25) is 0 Å². The van der Waals surface area contributed by atoms with Gasteiger partial charge in [-0.25, -0.2) is 4.79 Å². The van der Waals surface area contributed by atoms with E-state index < -0.39 is 0 Å². The van der Waals surface area contributed by atoms with Crippen LogP contribution in [0.1, 0.15) is 38.7 Å². The first-order valence-corrected chi connectivity index (χ1v) is 9.18. The smallest absolute Gasteiger partial charge is 0.336 e. The molecule has 4 nitrogen and oxygen atoms in total. The molecule has 0 spiro atoms. The van der Waals surface area contributed by atoms with E-state index in [2.05, 4.69) is 24.8 Å². The minimum atomic E-state index is -0.322. The molecule has 0 saturated carbocycles. The number of hydrogen-bond donors (Lipinski definition) is 0. The molecule has 0 aliphatic carbocycles. The highest BCUT2D eigenvalue weighted by atomic mass is 16.5. The Morgan fingerprint density at radius 3 is 2.72 bits per heavy atom. The molecule has 3 rings (SSSR count). The molecule has 134 valence electrons. The zero-order valence-electron chi connectivity index (χ0n) is 15.2. The second kappa shape index (κ2) is 8.34. The van der Waals surface area contributed by atoms with Crippen LogP contribution in [0, 0.1) is 0 Å². The summed E-state index contributed by atoms with van der Waals surface area (Å²) in [6.45, 7) is 8.34. The van der Waals surface area contributed by atoms with Crippen molar-refractivity contribution in [1.29, 1.82) is 0 Å². The van der Waals surface area contributed by atoms with Gasteiger partial charge in [0.2, 0.25) is 0 Å². The van der Waals surface area contributed by atoms with Gasteiger partial charge in [0.05, 0.1) is 6.61 Å². The first-order chi connectivity index (χ1) is 12.1. The van der Waals surface area contributed by atoms with E-state index in [1.54, 1.807) is 0 Å². The third-order valence-electron chi connectivity index (χ3n) is 4.64. The van der Waals surface area contributed by atoms with Gasteiger partial charge in [-0.1, -0.05) is 11.6 Å². The highest BCUT2D eigenvalue weighted by Crippen LogP contribution is 2.28. The summed E-state index contributed by atoms with van der Waals surface area (Å²) in [4.78, 5) is 14.2. The molecule has 1 aliphatic rings. The zero-order valence-corrected chi connectivity index (χ0v) is 15.2. The van der Waals surface area contributed by atoms with Gasteiger partial charge in [-0.05, 0) is 70.8 Å². The average Bonchev–Trinajstić information content (AvgIpc) is 3.10. The fourth-order valence-corrected chi connectivity index (χ4v) is 3.28. The predicted molar refractivity (Wildman–Crippen MR) is 101 cm³/mol. The van der Waals surface area contributed by atoms with Crippen molar-refractivity contribution in [3.63, 3.8) is 0 Å². The van der Waals surface area contributed by atoms with Crippen molar-refractivity contribution in [3.8, 4) is 5.75 Å². The molecule has 25 heavy (non-hydrogen) atoms. The molecule has 1 aliphatic heterocycles. The summed E-state index contributed by atoms with van der Waals surface area (Å²) in [6, 6.07) is 7.22. The van der Waals surface area contributed by atoms with E-state index >= 15 is 0 Å². The van der Waals surface area contributed by atoms with Gasteiger partial charge in [0, 0.05) is 23.6 Å². The van der Waals surface area contributed by atoms with Crippen LogP contribution in [0.25, 0.3) is 11.0 Å². The maximum absolute atomic E-state index is 11.7. The largest absolute Gasteiger partial charge is 0.493 e. The molecule has 4 heteroatoms. The minimum Gasteiger partial charge on any atom is -0.493 e. The number of hydrogen-bond acceptors (Lipinski definition) is 4. The van der Waals surface area contributed by atoms with Gasteiger partial charge in [0.1, 0.15) is 11.3 Å². The number of benzene rings is 1. The first kappa shape index (κ1) is 17.7. The van der Waals surface area contributed by atoms with E-state index in [4.69, 9.17) is 9.15 Å². The highest BCUT2D eigenvalue weighted by molar-refractivity contribution is 5.82. The SMILES string of the molecule is CC(C)=CCc1c(OCCCN2CCCC2)ccc2ccc(=O)oc12. The van der Waals surface area contributed by atoms with E-state index in [-0.39, 0.29) is 5.63 Å². The molecule has 2 aromatic rings. The Kier molecular flexibility index (Phi) is 5.92. The number of rotatable bonds is 7. The van der Waals surface area contributed by atoms with E-state index in [0.717, 1.165) is 29.7 Å². The Morgan fingerprint density at radius 2 is 1.96 bits per heavy atom. The molecule has 0 bridgehead atoms. The fraction of sp³-hybridized carbons (Fsp3) is 0.476. The standard InChI is InChI=1S/C21H27NO3/c1-16(2)6-9-18-19(24-15-5-14-22-12-3-4-13-22)10-7-17-8-11-20(23)25-21(17)18/h6-8,10-11H,3-5,9,12-15H2,1-2H3. The molecule has 1 saturated heterocycles. The molecule has 2 heterocycles. The number of ether oxygens (including phenoxy) is 1. The van der Waals surface area contributed by atoms with Crippen LogP contribution in [0.15, 0.2) is 45.1 Å². The van der Waals surface area contributed by atoms with Gasteiger partial charge < -0.3 is 14.1 Å². The molecule has 0 unspecified atom stereocenters. The maximum Gasteiger partial charge on any atom is 0.336 e.